The number of fused-ring (bicyclic) bond motifs is 2. The summed E-state index contributed by atoms with van der Waals surface area (Å²) in [4.78, 5) is 8.78. The molecule has 0 aliphatic heterocycles. The van der Waals surface area contributed by atoms with Crippen molar-refractivity contribution >= 4 is 11.3 Å². The molecule has 0 unspecified atom stereocenters. The van der Waals surface area contributed by atoms with Crippen molar-refractivity contribution in [1.29, 1.82) is 0 Å². The molecule has 4 rings (SSSR count). The highest BCUT2D eigenvalue weighted by molar-refractivity contribution is 5.40. The van der Waals surface area contributed by atoms with Crippen LogP contribution in [-0.4, -0.2) is 18.8 Å². The van der Waals surface area contributed by atoms with Crippen molar-refractivity contribution in [3.63, 3.8) is 0 Å². The van der Waals surface area contributed by atoms with Gasteiger partial charge in [-0.3, -0.25) is 0 Å². The van der Waals surface area contributed by atoms with Crippen molar-refractivity contribution in [2.24, 2.45) is 0 Å². The third-order valence-corrected chi connectivity index (χ3v) is 3.60. The normalized spacial score (nSPS) is 11.4. The molecule has 4 heterocycles. The molecular formula is C16H15N5. The van der Waals surface area contributed by atoms with Crippen molar-refractivity contribution in [2.75, 3.05) is 0 Å². The Hall–Kier alpha value is -2.66. The number of nitrogens with zero attached hydrogens (tertiary/aromatic N) is 4. The van der Waals surface area contributed by atoms with Gasteiger partial charge in [-0.2, -0.15) is 0 Å². The standard InChI is InChI=1S/C16H15N5/c1-3-7-20-13(11-18-15(20)5-1)9-17-10-14-12-19-16-6-2-4-8-21(14)16/h1-8,11-12,17H,9-10H2. The molecule has 0 amide bonds. The number of hydrogen-bond donors (Lipinski definition) is 1. The molecule has 0 spiro atoms. The molecular weight excluding hydrogens is 262 g/mol. The molecule has 21 heavy (non-hydrogen) atoms. The highest BCUT2D eigenvalue weighted by Gasteiger charge is 2.04. The Kier molecular flexibility index (Phi) is 2.90. The first-order valence-corrected chi connectivity index (χ1v) is 6.94. The smallest absolute Gasteiger partial charge is 0.136 e. The second-order valence-corrected chi connectivity index (χ2v) is 4.96. The van der Waals surface area contributed by atoms with Gasteiger partial charge in [0.15, 0.2) is 0 Å². The Bertz CT molecular complexity index is 816. The maximum atomic E-state index is 4.39. The van der Waals surface area contributed by atoms with Crippen LogP contribution in [0.5, 0.6) is 0 Å². The molecule has 0 aromatic carbocycles. The molecule has 5 nitrogen and oxygen atoms in total. The lowest BCUT2D eigenvalue weighted by Gasteiger charge is -2.05. The minimum Gasteiger partial charge on any atom is -0.306 e. The molecule has 104 valence electrons. The summed E-state index contributed by atoms with van der Waals surface area (Å²) in [6, 6.07) is 12.0. The van der Waals surface area contributed by atoms with Crippen molar-refractivity contribution in [1.82, 2.24) is 24.1 Å². The summed E-state index contributed by atoms with van der Waals surface area (Å²) in [5.41, 5.74) is 4.26. The van der Waals surface area contributed by atoms with Crippen LogP contribution in [0.3, 0.4) is 0 Å². The van der Waals surface area contributed by atoms with E-state index in [1.54, 1.807) is 0 Å². The molecule has 0 bridgehead atoms. The van der Waals surface area contributed by atoms with Crippen LogP contribution in [0, 0.1) is 0 Å². The van der Waals surface area contributed by atoms with Crippen LogP contribution in [0.2, 0.25) is 0 Å². The number of hydrogen-bond acceptors (Lipinski definition) is 3. The van der Waals surface area contributed by atoms with E-state index in [9.17, 15) is 0 Å². The monoisotopic (exact) mass is 277 g/mol. The molecule has 4 aromatic rings. The van der Waals surface area contributed by atoms with Gasteiger partial charge < -0.3 is 14.1 Å². The lowest BCUT2D eigenvalue weighted by atomic mass is 10.4. The fraction of sp³-hybridized carbons (Fsp3) is 0.125. The van der Waals surface area contributed by atoms with Crippen molar-refractivity contribution in [3.8, 4) is 0 Å². The van der Waals surface area contributed by atoms with Gasteiger partial charge in [-0.15, -0.1) is 0 Å². The SMILES string of the molecule is c1ccn2c(CNCc3cnc4ccccn34)cnc2c1. The van der Waals surface area contributed by atoms with Gasteiger partial charge in [0.25, 0.3) is 0 Å². The molecule has 5 heteroatoms. The average molecular weight is 277 g/mol. The second-order valence-electron chi connectivity index (χ2n) is 4.96. The number of imidazole rings is 2. The molecule has 1 N–H and O–H groups in total. The minimum atomic E-state index is 0.769. The summed E-state index contributed by atoms with van der Waals surface area (Å²) < 4.78 is 4.20. The summed E-state index contributed by atoms with van der Waals surface area (Å²) in [5.74, 6) is 0. The van der Waals surface area contributed by atoms with E-state index < -0.39 is 0 Å². The number of pyridine rings is 2. The Balaban J connectivity index is 1.50. The van der Waals surface area contributed by atoms with Crippen LogP contribution in [0.4, 0.5) is 0 Å². The van der Waals surface area contributed by atoms with Crippen LogP contribution < -0.4 is 5.32 Å². The van der Waals surface area contributed by atoms with E-state index in [0.717, 1.165) is 35.8 Å². The summed E-state index contributed by atoms with van der Waals surface area (Å²) in [6.07, 6.45) is 7.90. The van der Waals surface area contributed by atoms with Gasteiger partial charge >= 0.3 is 0 Å². The average Bonchev–Trinajstić information content (AvgIpc) is 3.13. The highest BCUT2D eigenvalue weighted by atomic mass is 15.1. The number of rotatable bonds is 4. The van der Waals surface area contributed by atoms with Crippen LogP contribution in [0.25, 0.3) is 11.3 Å². The first kappa shape index (κ1) is 12.1. The Morgan fingerprint density at radius 2 is 1.29 bits per heavy atom. The van der Waals surface area contributed by atoms with Crippen LogP contribution >= 0.6 is 0 Å². The zero-order valence-corrected chi connectivity index (χ0v) is 11.5. The van der Waals surface area contributed by atoms with Gasteiger partial charge in [0.05, 0.1) is 23.8 Å². The fourth-order valence-electron chi connectivity index (χ4n) is 2.55. The van der Waals surface area contributed by atoms with E-state index in [1.165, 1.54) is 0 Å². The van der Waals surface area contributed by atoms with Gasteiger partial charge in [-0.1, -0.05) is 12.1 Å². The summed E-state index contributed by atoms with van der Waals surface area (Å²) in [7, 11) is 0. The van der Waals surface area contributed by atoms with Gasteiger partial charge in [0.1, 0.15) is 11.3 Å². The minimum absolute atomic E-state index is 0.769. The van der Waals surface area contributed by atoms with Crippen molar-refractivity contribution in [3.05, 3.63) is 72.6 Å². The van der Waals surface area contributed by atoms with Crippen molar-refractivity contribution in [2.45, 2.75) is 13.1 Å². The third-order valence-electron chi connectivity index (χ3n) is 3.60. The van der Waals surface area contributed by atoms with E-state index in [-0.39, 0.29) is 0 Å². The summed E-state index contributed by atoms with van der Waals surface area (Å²) in [6.45, 7) is 1.54. The quantitative estimate of drug-likeness (QED) is 0.622. The Morgan fingerprint density at radius 3 is 1.81 bits per heavy atom. The molecule has 0 fully saturated rings. The number of nitrogens with one attached hydrogen (secondary N) is 1. The molecule has 0 aliphatic carbocycles. The molecule has 0 saturated heterocycles. The van der Waals surface area contributed by atoms with Gasteiger partial charge in [0, 0.05) is 25.5 Å². The van der Waals surface area contributed by atoms with E-state index in [0.29, 0.717) is 0 Å². The maximum Gasteiger partial charge on any atom is 0.136 e. The first-order chi connectivity index (χ1) is 10.4. The van der Waals surface area contributed by atoms with E-state index in [2.05, 4.69) is 24.1 Å². The molecule has 0 saturated carbocycles. The Labute approximate surface area is 121 Å². The summed E-state index contributed by atoms with van der Waals surface area (Å²) >= 11 is 0. The molecule has 0 aliphatic rings. The molecule has 0 atom stereocenters. The first-order valence-electron chi connectivity index (χ1n) is 6.94. The van der Waals surface area contributed by atoms with Crippen LogP contribution in [0.1, 0.15) is 11.4 Å². The summed E-state index contributed by atoms with van der Waals surface area (Å²) in [5, 5.41) is 3.45. The molecule has 4 aromatic heterocycles. The fourth-order valence-corrected chi connectivity index (χ4v) is 2.55. The van der Waals surface area contributed by atoms with E-state index >= 15 is 0 Å². The third kappa shape index (κ3) is 2.17. The van der Waals surface area contributed by atoms with Gasteiger partial charge in [0.2, 0.25) is 0 Å². The lowest BCUT2D eigenvalue weighted by molar-refractivity contribution is 0.660. The van der Waals surface area contributed by atoms with Crippen molar-refractivity contribution < 1.29 is 0 Å². The number of aromatic nitrogens is 4. The second kappa shape index (κ2) is 5.03. The lowest BCUT2D eigenvalue weighted by Crippen LogP contribution is -2.15. The predicted octanol–water partition coefficient (Wildman–Crippen LogP) is 2.27. The Morgan fingerprint density at radius 1 is 0.762 bits per heavy atom. The predicted molar refractivity (Wildman–Crippen MR) is 80.9 cm³/mol. The van der Waals surface area contributed by atoms with Crippen LogP contribution in [-0.2, 0) is 13.1 Å². The van der Waals surface area contributed by atoms with Gasteiger partial charge in [-0.25, -0.2) is 9.97 Å². The largest absolute Gasteiger partial charge is 0.306 e. The zero-order valence-electron chi connectivity index (χ0n) is 11.5. The van der Waals surface area contributed by atoms with E-state index in [4.69, 9.17) is 0 Å². The zero-order chi connectivity index (χ0) is 14.1. The molecule has 0 radical (unpaired) electrons. The highest BCUT2D eigenvalue weighted by Crippen LogP contribution is 2.08. The van der Waals surface area contributed by atoms with E-state index in [1.807, 2.05) is 61.2 Å². The van der Waals surface area contributed by atoms with Crippen LogP contribution in [0.15, 0.2) is 61.2 Å². The maximum absolute atomic E-state index is 4.39. The topological polar surface area (TPSA) is 46.6 Å². The van der Waals surface area contributed by atoms with Gasteiger partial charge in [-0.05, 0) is 24.3 Å².